The molecule has 1 spiro atoms. The third kappa shape index (κ3) is 6.31. The summed E-state index contributed by atoms with van der Waals surface area (Å²) < 4.78 is 10.5. The maximum absolute atomic E-state index is 13.5. The highest BCUT2D eigenvalue weighted by Gasteiger charge is 2.47. The van der Waals surface area contributed by atoms with Crippen molar-refractivity contribution in [2.24, 2.45) is 5.41 Å². The van der Waals surface area contributed by atoms with Crippen LogP contribution in [0, 0.1) is 5.41 Å². The van der Waals surface area contributed by atoms with Crippen LogP contribution in [0.4, 0.5) is 0 Å². The number of carbonyl (C=O) groups excluding carboxylic acids is 2. The van der Waals surface area contributed by atoms with Gasteiger partial charge in [-0.2, -0.15) is 0 Å². The number of nitrogens with one attached hydrogen (secondary N) is 1. The lowest BCUT2D eigenvalue weighted by Gasteiger charge is -2.38. The van der Waals surface area contributed by atoms with E-state index in [0.717, 1.165) is 74.5 Å². The van der Waals surface area contributed by atoms with Gasteiger partial charge in [0.25, 0.3) is 5.91 Å². The van der Waals surface area contributed by atoms with E-state index in [1.54, 1.807) is 38.5 Å². The van der Waals surface area contributed by atoms with Gasteiger partial charge in [-0.1, -0.05) is 42.5 Å². The van der Waals surface area contributed by atoms with Crippen molar-refractivity contribution in [3.8, 4) is 11.5 Å². The molecule has 3 aromatic carbocycles. The number of benzene rings is 3. The van der Waals surface area contributed by atoms with Crippen LogP contribution in [-0.2, 0) is 11.3 Å². The Hall–Kier alpha value is -3.84. The second-order valence-electron chi connectivity index (χ2n) is 10.9. The van der Waals surface area contributed by atoms with Gasteiger partial charge in [-0.05, 0) is 86.3 Å². The van der Waals surface area contributed by atoms with E-state index in [4.69, 9.17) is 9.47 Å². The van der Waals surface area contributed by atoms with Crippen LogP contribution < -0.4 is 14.8 Å². The average Bonchev–Trinajstić information content (AvgIpc) is 3.30. The van der Waals surface area contributed by atoms with Crippen molar-refractivity contribution in [1.82, 2.24) is 15.1 Å². The number of amides is 2. The third-order valence-corrected chi connectivity index (χ3v) is 8.54. The zero-order valence-corrected chi connectivity index (χ0v) is 23.5. The molecule has 7 heteroatoms. The molecule has 2 aliphatic heterocycles. The molecule has 0 aromatic heterocycles. The molecule has 0 radical (unpaired) electrons. The maximum Gasteiger partial charge on any atom is 0.251 e. The van der Waals surface area contributed by atoms with E-state index in [9.17, 15) is 9.59 Å². The summed E-state index contributed by atoms with van der Waals surface area (Å²) in [6, 6.07) is 25.2. The van der Waals surface area contributed by atoms with Crippen molar-refractivity contribution in [3.63, 3.8) is 0 Å². The standard InChI is InChI=1S/C33H39N3O4/c1-39-28-12-8-25(9-13-28)24-36-23-19-33(32(36)38)17-21-35(22-18-33)20-16-30(26-6-4-3-5-7-26)34-31(37)27-10-14-29(40-2)15-11-27/h3-15,30H,16-24H2,1-2H3,(H,34,37). The van der Waals surface area contributed by atoms with Crippen molar-refractivity contribution < 1.29 is 19.1 Å². The first-order chi connectivity index (χ1) is 19.5. The van der Waals surface area contributed by atoms with Crippen LogP contribution in [0.1, 0.15) is 53.2 Å². The fourth-order valence-electron chi connectivity index (χ4n) is 5.97. The molecule has 1 N–H and O–H groups in total. The number of ether oxygens (including phenoxy) is 2. The normalized spacial score (nSPS) is 17.6. The second-order valence-corrected chi connectivity index (χ2v) is 10.9. The lowest BCUT2D eigenvalue weighted by molar-refractivity contribution is -0.138. The summed E-state index contributed by atoms with van der Waals surface area (Å²) in [6.07, 6.45) is 3.51. The third-order valence-electron chi connectivity index (χ3n) is 8.54. The molecule has 210 valence electrons. The fourth-order valence-corrected chi connectivity index (χ4v) is 5.97. The molecule has 1 atom stereocenters. The van der Waals surface area contributed by atoms with Crippen molar-refractivity contribution in [2.75, 3.05) is 40.4 Å². The molecule has 2 heterocycles. The minimum Gasteiger partial charge on any atom is -0.497 e. The zero-order chi connectivity index (χ0) is 28.0. The number of piperidine rings is 1. The summed E-state index contributed by atoms with van der Waals surface area (Å²) in [5.74, 6) is 1.76. The van der Waals surface area contributed by atoms with E-state index in [0.29, 0.717) is 18.0 Å². The van der Waals surface area contributed by atoms with E-state index in [2.05, 4.69) is 22.3 Å². The zero-order valence-electron chi connectivity index (χ0n) is 23.5. The van der Waals surface area contributed by atoms with Gasteiger partial charge in [0.15, 0.2) is 0 Å². The molecular weight excluding hydrogens is 502 g/mol. The van der Waals surface area contributed by atoms with Crippen LogP contribution in [-0.4, -0.2) is 62.0 Å². The van der Waals surface area contributed by atoms with E-state index < -0.39 is 0 Å². The van der Waals surface area contributed by atoms with Gasteiger partial charge in [-0.15, -0.1) is 0 Å². The second kappa shape index (κ2) is 12.6. The number of likely N-dealkylation sites (tertiary alicyclic amines) is 2. The van der Waals surface area contributed by atoms with Crippen molar-refractivity contribution in [2.45, 2.75) is 38.3 Å². The quantitative estimate of drug-likeness (QED) is 0.388. The monoisotopic (exact) mass is 541 g/mol. The number of carbonyl (C=O) groups is 2. The molecular formula is C33H39N3O4. The van der Waals surface area contributed by atoms with E-state index in [1.807, 2.05) is 47.4 Å². The maximum atomic E-state index is 13.5. The Balaban J connectivity index is 1.16. The number of hydrogen-bond acceptors (Lipinski definition) is 5. The molecule has 2 amide bonds. The number of rotatable bonds is 10. The van der Waals surface area contributed by atoms with Crippen LogP contribution in [0.5, 0.6) is 11.5 Å². The molecule has 0 aliphatic carbocycles. The number of nitrogens with zero attached hydrogens (tertiary/aromatic N) is 2. The van der Waals surface area contributed by atoms with Crippen LogP contribution in [0.15, 0.2) is 78.9 Å². The minimum absolute atomic E-state index is 0.0948. The molecule has 2 aliphatic rings. The van der Waals surface area contributed by atoms with Gasteiger partial charge in [-0.3, -0.25) is 9.59 Å². The number of methoxy groups -OCH3 is 2. The largest absolute Gasteiger partial charge is 0.497 e. The van der Waals surface area contributed by atoms with Gasteiger partial charge in [-0.25, -0.2) is 0 Å². The first-order valence-corrected chi connectivity index (χ1v) is 14.1. The molecule has 0 bridgehead atoms. The van der Waals surface area contributed by atoms with Crippen LogP contribution in [0.25, 0.3) is 0 Å². The summed E-state index contributed by atoms with van der Waals surface area (Å²) in [6.45, 7) is 4.13. The Morgan fingerprint density at radius 1 is 0.850 bits per heavy atom. The molecule has 7 nitrogen and oxygen atoms in total. The molecule has 2 saturated heterocycles. The van der Waals surface area contributed by atoms with Crippen molar-refractivity contribution >= 4 is 11.8 Å². The summed E-state index contributed by atoms with van der Waals surface area (Å²) in [4.78, 5) is 31.0. The average molecular weight is 542 g/mol. The highest BCUT2D eigenvalue weighted by atomic mass is 16.5. The van der Waals surface area contributed by atoms with E-state index in [-0.39, 0.29) is 17.4 Å². The Morgan fingerprint density at radius 3 is 2.08 bits per heavy atom. The lowest BCUT2D eigenvalue weighted by atomic mass is 9.77. The smallest absolute Gasteiger partial charge is 0.251 e. The molecule has 1 unspecified atom stereocenters. The van der Waals surface area contributed by atoms with Crippen LogP contribution >= 0.6 is 0 Å². The first kappa shape index (κ1) is 27.7. The highest BCUT2D eigenvalue weighted by molar-refractivity contribution is 5.94. The van der Waals surface area contributed by atoms with E-state index >= 15 is 0 Å². The Kier molecular flexibility index (Phi) is 8.70. The van der Waals surface area contributed by atoms with Gasteiger partial charge in [0.2, 0.25) is 5.91 Å². The predicted molar refractivity (Wildman–Crippen MR) is 155 cm³/mol. The molecule has 2 fully saturated rings. The van der Waals surface area contributed by atoms with Crippen molar-refractivity contribution in [1.29, 1.82) is 0 Å². The first-order valence-electron chi connectivity index (χ1n) is 14.1. The van der Waals surface area contributed by atoms with Gasteiger partial charge in [0.1, 0.15) is 11.5 Å². The van der Waals surface area contributed by atoms with Gasteiger partial charge < -0.3 is 24.6 Å². The molecule has 40 heavy (non-hydrogen) atoms. The Bertz CT molecular complexity index is 1270. The highest BCUT2D eigenvalue weighted by Crippen LogP contribution is 2.42. The predicted octanol–water partition coefficient (Wildman–Crippen LogP) is 5.08. The van der Waals surface area contributed by atoms with E-state index in [1.165, 1.54) is 0 Å². The summed E-state index contributed by atoms with van der Waals surface area (Å²) in [7, 11) is 3.28. The van der Waals surface area contributed by atoms with Gasteiger partial charge in [0, 0.05) is 25.2 Å². The summed E-state index contributed by atoms with van der Waals surface area (Å²) >= 11 is 0. The Labute approximate surface area is 237 Å². The van der Waals surface area contributed by atoms with Crippen LogP contribution in [0.3, 0.4) is 0 Å². The molecule has 3 aromatic rings. The van der Waals surface area contributed by atoms with Crippen molar-refractivity contribution in [3.05, 3.63) is 95.6 Å². The van der Waals surface area contributed by atoms with Gasteiger partial charge >= 0.3 is 0 Å². The summed E-state index contributed by atoms with van der Waals surface area (Å²) in [5.41, 5.74) is 2.61. The molecule has 5 rings (SSSR count). The Morgan fingerprint density at radius 2 is 1.45 bits per heavy atom. The summed E-state index contributed by atoms with van der Waals surface area (Å²) in [5, 5.41) is 3.24. The SMILES string of the molecule is COc1ccc(CN2CCC3(CCN(CCC(NC(=O)c4ccc(OC)cc4)c4ccccc4)CC3)C2=O)cc1. The fraction of sp³-hybridized carbons (Fsp3) is 0.394. The minimum atomic E-state index is -0.232. The molecule has 0 saturated carbocycles. The number of hydrogen-bond donors (Lipinski definition) is 1. The topological polar surface area (TPSA) is 71.1 Å². The van der Waals surface area contributed by atoms with Crippen LogP contribution in [0.2, 0.25) is 0 Å². The lowest BCUT2D eigenvalue weighted by Crippen LogP contribution is -2.45. The van der Waals surface area contributed by atoms with Gasteiger partial charge in [0.05, 0.1) is 25.7 Å².